The molecule has 1 atom stereocenters. The minimum Gasteiger partial charge on any atom is -0.493 e. The summed E-state index contributed by atoms with van der Waals surface area (Å²) in [5.41, 5.74) is 0.781. The molecule has 3 aromatic heterocycles. The maximum atomic E-state index is 12.7. The molecular weight excluding hydrogens is 388 g/mol. The first-order valence-corrected chi connectivity index (χ1v) is 10.0. The fraction of sp³-hybridized carbons (Fsp3) is 0.421. The summed E-state index contributed by atoms with van der Waals surface area (Å²) in [5.74, 6) is -0.0385. The van der Waals surface area contributed by atoms with Crippen LogP contribution in [0.2, 0.25) is 0 Å². The molecule has 5 N–H and O–H groups in total. The summed E-state index contributed by atoms with van der Waals surface area (Å²) in [6.07, 6.45) is 7.00. The van der Waals surface area contributed by atoms with E-state index in [2.05, 4.69) is 30.7 Å². The lowest BCUT2D eigenvalue weighted by atomic mass is 9.99. The number of hydrogen-bond donors (Lipinski definition) is 5. The summed E-state index contributed by atoms with van der Waals surface area (Å²) in [5, 5.41) is 20.9. The van der Waals surface area contributed by atoms with Crippen LogP contribution in [-0.4, -0.2) is 54.7 Å². The van der Waals surface area contributed by atoms with Crippen LogP contribution in [-0.2, 0) is 4.79 Å². The van der Waals surface area contributed by atoms with Gasteiger partial charge in [0.15, 0.2) is 11.1 Å². The highest BCUT2D eigenvalue weighted by Crippen LogP contribution is 2.22. The molecule has 0 radical (unpaired) electrons. The lowest BCUT2D eigenvalue weighted by molar-refractivity contribution is -0.120. The number of hydrogen-bond acceptors (Lipinski definition) is 7. The smallest absolute Gasteiger partial charge is 0.326 e. The summed E-state index contributed by atoms with van der Waals surface area (Å²) in [6.45, 7) is 1.58. The van der Waals surface area contributed by atoms with Gasteiger partial charge in [-0.2, -0.15) is 9.61 Å². The topological polar surface area (TPSA) is 153 Å². The van der Waals surface area contributed by atoms with Gasteiger partial charge in [-0.15, -0.1) is 0 Å². The molecule has 1 saturated carbocycles. The Hall–Kier alpha value is -3.47. The van der Waals surface area contributed by atoms with E-state index in [4.69, 9.17) is 4.99 Å². The molecule has 5 rings (SSSR count). The number of aromatic nitrogens is 5. The van der Waals surface area contributed by atoms with Gasteiger partial charge in [-0.25, -0.2) is 9.78 Å². The van der Waals surface area contributed by atoms with Gasteiger partial charge in [-0.05, 0) is 38.3 Å². The predicted octanol–water partition coefficient (Wildman–Crippen LogP) is -1.000. The Morgan fingerprint density at radius 2 is 2.20 bits per heavy atom. The molecule has 11 heteroatoms. The highest BCUT2D eigenvalue weighted by atomic mass is 16.3. The maximum Gasteiger partial charge on any atom is 0.326 e. The van der Waals surface area contributed by atoms with E-state index in [-0.39, 0.29) is 29.4 Å². The molecule has 0 bridgehead atoms. The van der Waals surface area contributed by atoms with Gasteiger partial charge in [-0.1, -0.05) is 0 Å². The molecule has 1 unspecified atom stereocenters. The number of carbonyl (C=O) groups excluding carboxylic acids is 1. The molecule has 1 saturated heterocycles. The van der Waals surface area contributed by atoms with Crippen LogP contribution in [0.5, 0.6) is 5.88 Å². The quantitative estimate of drug-likeness (QED) is 0.372. The van der Waals surface area contributed by atoms with E-state index in [0.29, 0.717) is 28.7 Å². The van der Waals surface area contributed by atoms with E-state index < -0.39 is 5.69 Å². The van der Waals surface area contributed by atoms with E-state index in [0.717, 1.165) is 32.2 Å². The molecule has 2 aliphatic rings. The Kier molecular flexibility index (Phi) is 4.58. The van der Waals surface area contributed by atoms with Gasteiger partial charge < -0.3 is 20.7 Å². The van der Waals surface area contributed by atoms with Crippen molar-refractivity contribution in [1.82, 2.24) is 29.9 Å². The number of imidazole rings is 1. The number of anilines is 1. The summed E-state index contributed by atoms with van der Waals surface area (Å²) in [6, 6.07) is 1.98. The SMILES string of the molecule is O=C(Nc1cc(=NC2CC2)n2nc/c(=C\c3[nH]c(=O)[nH]c3O)c2n1)C1CCCNC1. The molecule has 1 aliphatic carbocycles. The van der Waals surface area contributed by atoms with Crippen LogP contribution in [0, 0.1) is 5.92 Å². The number of nitrogens with zero attached hydrogens (tertiary/aromatic N) is 4. The molecule has 1 aliphatic heterocycles. The Bertz CT molecular complexity index is 1280. The van der Waals surface area contributed by atoms with Gasteiger partial charge >= 0.3 is 5.69 Å². The number of amides is 1. The first kappa shape index (κ1) is 18.6. The second kappa shape index (κ2) is 7.41. The van der Waals surface area contributed by atoms with Crippen molar-refractivity contribution in [2.45, 2.75) is 31.7 Å². The second-order valence-electron chi connectivity index (χ2n) is 7.71. The number of fused-ring (bicyclic) bond motifs is 1. The van der Waals surface area contributed by atoms with E-state index in [1.807, 2.05) is 0 Å². The van der Waals surface area contributed by atoms with Gasteiger partial charge in [0.1, 0.15) is 11.5 Å². The van der Waals surface area contributed by atoms with Crippen molar-refractivity contribution in [2.24, 2.45) is 10.9 Å². The van der Waals surface area contributed by atoms with Crippen molar-refractivity contribution in [3.63, 3.8) is 0 Å². The standard InChI is InChI=1S/C19H22N8O3/c28-17(10-2-1-5-20-8-10)25-14-7-15(22-12-3-4-12)27-16(24-14)11(9-21-27)6-13-18(29)26-19(30)23-13/h6-7,9-10,12,20,29H,1-5,8H2,(H,25,28)(H2,23,26,30)/b11-6+,22-15?. The lowest BCUT2D eigenvalue weighted by Crippen LogP contribution is -2.37. The van der Waals surface area contributed by atoms with Gasteiger partial charge in [0, 0.05) is 17.8 Å². The summed E-state index contributed by atoms with van der Waals surface area (Å²) >= 11 is 0. The van der Waals surface area contributed by atoms with Crippen molar-refractivity contribution < 1.29 is 9.90 Å². The lowest BCUT2D eigenvalue weighted by Gasteiger charge is -2.21. The number of piperidine rings is 1. The number of carbonyl (C=O) groups is 1. The molecule has 11 nitrogen and oxygen atoms in total. The molecule has 0 aromatic carbocycles. The fourth-order valence-corrected chi connectivity index (χ4v) is 3.56. The summed E-state index contributed by atoms with van der Waals surface area (Å²) in [4.78, 5) is 38.1. The number of aromatic hydroxyl groups is 1. The van der Waals surface area contributed by atoms with Crippen LogP contribution in [0.15, 0.2) is 22.1 Å². The third kappa shape index (κ3) is 3.71. The minimum absolute atomic E-state index is 0.0749. The predicted molar refractivity (Wildman–Crippen MR) is 108 cm³/mol. The first-order valence-electron chi connectivity index (χ1n) is 10.0. The number of nitrogens with one attached hydrogen (secondary N) is 4. The summed E-state index contributed by atoms with van der Waals surface area (Å²) < 4.78 is 1.60. The molecule has 2 fully saturated rings. The van der Waals surface area contributed by atoms with E-state index in [1.54, 1.807) is 22.9 Å². The normalized spacial score (nSPS) is 20.7. The monoisotopic (exact) mass is 410 g/mol. The highest BCUT2D eigenvalue weighted by molar-refractivity contribution is 5.92. The first-order chi connectivity index (χ1) is 14.6. The van der Waals surface area contributed by atoms with E-state index >= 15 is 0 Å². The highest BCUT2D eigenvalue weighted by Gasteiger charge is 2.23. The maximum absolute atomic E-state index is 12.7. The number of rotatable bonds is 4. The van der Waals surface area contributed by atoms with Crippen molar-refractivity contribution in [1.29, 1.82) is 0 Å². The van der Waals surface area contributed by atoms with Crippen LogP contribution < -0.4 is 27.0 Å². The zero-order valence-corrected chi connectivity index (χ0v) is 16.2. The Balaban J connectivity index is 1.58. The largest absolute Gasteiger partial charge is 0.493 e. The molecule has 1 amide bonds. The van der Waals surface area contributed by atoms with E-state index in [1.165, 1.54) is 0 Å². The average Bonchev–Trinajstić information content (AvgIpc) is 3.37. The van der Waals surface area contributed by atoms with Crippen molar-refractivity contribution >= 4 is 23.4 Å². The Morgan fingerprint density at radius 3 is 2.90 bits per heavy atom. The zero-order valence-electron chi connectivity index (χ0n) is 16.2. The Labute approximate surface area is 170 Å². The van der Waals surface area contributed by atoms with Gasteiger partial charge in [0.25, 0.3) is 0 Å². The second-order valence-corrected chi connectivity index (χ2v) is 7.71. The molecular formula is C19H22N8O3. The van der Waals surface area contributed by atoms with Crippen molar-refractivity contribution in [2.75, 3.05) is 18.4 Å². The molecule has 30 heavy (non-hydrogen) atoms. The molecule has 4 heterocycles. The molecule has 156 valence electrons. The Morgan fingerprint density at radius 1 is 1.33 bits per heavy atom. The third-order valence-electron chi connectivity index (χ3n) is 5.30. The van der Waals surface area contributed by atoms with Crippen LogP contribution in [0.4, 0.5) is 5.82 Å². The molecule has 0 spiro atoms. The van der Waals surface area contributed by atoms with Crippen molar-refractivity contribution in [3.8, 4) is 5.88 Å². The summed E-state index contributed by atoms with van der Waals surface area (Å²) in [7, 11) is 0. The third-order valence-corrected chi connectivity index (χ3v) is 5.30. The minimum atomic E-state index is -0.512. The van der Waals surface area contributed by atoms with E-state index in [9.17, 15) is 14.7 Å². The van der Waals surface area contributed by atoms with Crippen LogP contribution >= 0.6 is 0 Å². The fourth-order valence-electron chi connectivity index (χ4n) is 3.56. The number of aromatic amines is 2. The van der Waals surface area contributed by atoms with Crippen molar-refractivity contribution in [3.05, 3.63) is 39.1 Å². The van der Waals surface area contributed by atoms with Gasteiger partial charge in [0.05, 0.1) is 18.2 Å². The van der Waals surface area contributed by atoms with Gasteiger partial charge in [-0.3, -0.25) is 14.8 Å². The van der Waals surface area contributed by atoms with Crippen LogP contribution in [0.3, 0.4) is 0 Å². The van der Waals surface area contributed by atoms with Gasteiger partial charge in [0.2, 0.25) is 11.8 Å². The average molecular weight is 410 g/mol. The van der Waals surface area contributed by atoms with Crippen LogP contribution in [0.1, 0.15) is 31.4 Å². The number of H-pyrrole nitrogens is 2. The van der Waals surface area contributed by atoms with Crippen LogP contribution in [0.25, 0.3) is 11.7 Å². The zero-order chi connectivity index (χ0) is 20.7. The molecule has 3 aromatic rings.